The largest absolute Gasteiger partial charge is 0.394 e. The minimum atomic E-state index is -0.247. The van der Waals surface area contributed by atoms with E-state index >= 15 is 0 Å². The van der Waals surface area contributed by atoms with Gasteiger partial charge in [0.2, 0.25) is 0 Å². The van der Waals surface area contributed by atoms with Gasteiger partial charge in [-0.2, -0.15) is 0 Å². The summed E-state index contributed by atoms with van der Waals surface area (Å²) in [4.78, 5) is 0. The highest BCUT2D eigenvalue weighted by Crippen LogP contribution is 2.16. The third-order valence-corrected chi connectivity index (χ3v) is 2.48. The molecule has 11 heavy (non-hydrogen) atoms. The van der Waals surface area contributed by atoms with Crippen molar-refractivity contribution in [2.24, 2.45) is 5.73 Å². The zero-order valence-corrected chi connectivity index (χ0v) is 8.15. The van der Waals surface area contributed by atoms with Gasteiger partial charge in [-0.05, 0) is 34.2 Å². The van der Waals surface area contributed by atoms with Crippen LogP contribution in [0.25, 0.3) is 0 Å². The third-order valence-electron chi connectivity index (χ3n) is 1.50. The molecule has 0 aliphatic rings. The van der Waals surface area contributed by atoms with Crippen molar-refractivity contribution in [2.45, 2.75) is 6.04 Å². The van der Waals surface area contributed by atoms with Crippen molar-refractivity contribution in [3.63, 3.8) is 0 Å². The lowest BCUT2D eigenvalue weighted by Crippen LogP contribution is -2.15. The van der Waals surface area contributed by atoms with Crippen LogP contribution < -0.4 is 5.73 Å². The van der Waals surface area contributed by atoms with Crippen molar-refractivity contribution < 1.29 is 5.11 Å². The van der Waals surface area contributed by atoms with Gasteiger partial charge in [-0.3, -0.25) is 0 Å². The Kier molecular flexibility index (Phi) is 3.29. The van der Waals surface area contributed by atoms with Crippen LogP contribution in [0.5, 0.6) is 0 Å². The molecule has 3 heteroatoms. The Morgan fingerprint density at radius 2 is 2.09 bits per heavy atom. The van der Waals surface area contributed by atoms with Gasteiger partial charge in [-0.15, -0.1) is 0 Å². The van der Waals surface area contributed by atoms with E-state index in [-0.39, 0.29) is 12.6 Å². The lowest BCUT2D eigenvalue weighted by atomic mass is 10.1. The Bertz CT molecular complexity index is 239. The predicted molar refractivity (Wildman–Crippen MR) is 53.2 cm³/mol. The number of rotatable bonds is 2. The smallest absolute Gasteiger partial charge is 0.0624 e. The molecule has 60 valence electrons. The number of aliphatic hydroxyl groups is 1. The first-order chi connectivity index (χ1) is 5.25. The lowest BCUT2D eigenvalue weighted by molar-refractivity contribution is 0.267. The second-order valence-electron chi connectivity index (χ2n) is 2.31. The van der Waals surface area contributed by atoms with Crippen molar-refractivity contribution in [3.05, 3.63) is 33.4 Å². The average Bonchev–Trinajstić information content (AvgIpc) is 2.04. The van der Waals surface area contributed by atoms with Crippen LogP contribution in [0.3, 0.4) is 0 Å². The van der Waals surface area contributed by atoms with Crippen LogP contribution in [0.15, 0.2) is 24.3 Å². The number of aliphatic hydroxyl groups excluding tert-OH is 1. The number of hydrogen-bond acceptors (Lipinski definition) is 2. The normalized spacial score (nSPS) is 13.0. The van der Waals surface area contributed by atoms with E-state index in [1.165, 1.54) is 0 Å². The van der Waals surface area contributed by atoms with E-state index in [2.05, 4.69) is 22.6 Å². The summed E-state index contributed by atoms with van der Waals surface area (Å²) in [5.74, 6) is 0. The van der Waals surface area contributed by atoms with Gasteiger partial charge in [-0.25, -0.2) is 0 Å². The van der Waals surface area contributed by atoms with Crippen LogP contribution in [-0.4, -0.2) is 11.7 Å². The highest BCUT2D eigenvalue weighted by atomic mass is 127. The van der Waals surface area contributed by atoms with Crippen molar-refractivity contribution in [3.8, 4) is 0 Å². The average molecular weight is 263 g/mol. The lowest BCUT2D eigenvalue weighted by Gasteiger charge is -2.09. The fourth-order valence-electron chi connectivity index (χ4n) is 0.874. The number of benzene rings is 1. The third kappa shape index (κ3) is 2.15. The minimum Gasteiger partial charge on any atom is -0.394 e. The summed E-state index contributed by atoms with van der Waals surface area (Å²) in [5, 5.41) is 8.78. The van der Waals surface area contributed by atoms with E-state index in [0.29, 0.717) is 0 Å². The molecule has 0 spiro atoms. The Morgan fingerprint density at radius 1 is 1.45 bits per heavy atom. The zero-order valence-electron chi connectivity index (χ0n) is 6.00. The molecule has 0 aliphatic carbocycles. The van der Waals surface area contributed by atoms with Crippen LogP contribution in [0, 0.1) is 3.57 Å². The van der Waals surface area contributed by atoms with E-state index in [1.54, 1.807) is 0 Å². The predicted octanol–water partition coefficient (Wildman–Crippen LogP) is 1.28. The van der Waals surface area contributed by atoms with Crippen LogP contribution >= 0.6 is 22.6 Å². The molecule has 1 aromatic carbocycles. The highest BCUT2D eigenvalue weighted by Gasteiger charge is 2.06. The molecule has 3 N–H and O–H groups in total. The van der Waals surface area contributed by atoms with Crippen LogP contribution in [-0.2, 0) is 0 Å². The van der Waals surface area contributed by atoms with Gasteiger partial charge < -0.3 is 10.8 Å². The number of nitrogens with two attached hydrogens (primary N) is 1. The molecule has 1 atom stereocenters. The van der Waals surface area contributed by atoms with Gasteiger partial charge in [-0.1, -0.05) is 18.2 Å². The molecule has 0 saturated carbocycles. The molecule has 0 aliphatic heterocycles. The molecule has 1 aromatic rings. The van der Waals surface area contributed by atoms with Gasteiger partial charge in [0.25, 0.3) is 0 Å². The maximum Gasteiger partial charge on any atom is 0.0624 e. The maximum atomic E-state index is 8.78. The Labute approximate surface area is 79.6 Å². The van der Waals surface area contributed by atoms with Gasteiger partial charge in [0.1, 0.15) is 0 Å². The zero-order chi connectivity index (χ0) is 8.27. The van der Waals surface area contributed by atoms with E-state index in [0.717, 1.165) is 9.13 Å². The summed E-state index contributed by atoms with van der Waals surface area (Å²) in [6, 6.07) is 7.54. The quantitative estimate of drug-likeness (QED) is 0.789. The first-order valence-corrected chi connectivity index (χ1v) is 4.44. The molecular formula is C8H10INO. The van der Waals surface area contributed by atoms with Gasteiger partial charge >= 0.3 is 0 Å². The Hall–Kier alpha value is -0.130. The fourth-order valence-corrected chi connectivity index (χ4v) is 1.66. The topological polar surface area (TPSA) is 46.2 Å². The molecule has 0 saturated heterocycles. The molecule has 0 heterocycles. The SMILES string of the molecule is NC(CO)c1ccccc1I. The van der Waals surface area contributed by atoms with Crippen LogP contribution in [0.4, 0.5) is 0 Å². The van der Waals surface area contributed by atoms with Gasteiger partial charge in [0, 0.05) is 3.57 Å². The van der Waals surface area contributed by atoms with Crippen molar-refractivity contribution in [1.29, 1.82) is 0 Å². The first-order valence-electron chi connectivity index (χ1n) is 3.36. The van der Waals surface area contributed by atoms with Gasteiger partial charge in [0.15, 0.2) is 0 Å². The Balaban J connectivity index is 2.93. The molecule has 2 nitrogen and oxygen atoms in total. The summed E-state index contributed by atoms with van der Waals surface area (Å²) in [6.07, 6.45) is 0. The molecule has 0 bridgehead atoms. The second kappa shape index (κ2) is 4.04. The molecule has 0 radical (unpaired) electrons. The number of hydrogen-bond donors (Lipinski definition) is 2. The van der Waals surface area contributed by atoms with Gasteiger partial charge in [0.05, 0.1) is 12.6 Å². The molecule has 0 fully saturated rings. The second-order valence-corrected chi connectivity index (χ2v) is 3.47. The molecule has 0 amide bonds. The van der Waals surface area contributed by atoms with E-state index in [1.807, 2.05) is 24.3 Å². The van der Waals surface area contributed by atoms with Crippen LogP contribution in [0.2, 0.25) is 0 Å². The monoisotopic (exact) mass is 263 g/mol. The van der Waals surface area contributed by atoms with Crippen molar-refractivity contribution >= 4 is 22.6 Å². The summed E-state index contributed by atoms with van der Waals surface area (Å²) >= 11 is 2.21. The number of halogens is 1. The van der Waals surface area contributed by atoms with Crippen molar-refractivity contribution in [1.82, 2.24) is 0 Å². The highest BCUT2D eigenvalue weighted by molar-refractivity contribution is 14.1. The molecule has 0 aromatic heterocycles. The van der Waals surface area contributed by atoms with E-state index in [4.69, 9.17) is 10.8 Å². The molecule has 1 rings (SSSR count). The summed E-state index contributed by atoms with van der Waals surface area (Å²) in [6.45, 7) is 0.0000148. The van der Waals surface area contributed by atoms with E-state index < -0.39 is 0 Å². The Morgan fingerprint density at radius 3 is 2.64 bits per heavy atom. The standard InChI is InChI=1S/C8H10INO/c9-7-4-2-1-3-6(7)8(10)5-11/h1-4,8,11H,5,10H2. The summed E-state index contributed by atoms with van der Waals surface area (Å²) in [5.41, 5.74) is 6.65. The van der Waals surface area contributed by atoms with E-state index in [9.17, 15) is 0 Å². The molecular weight excluding hydrogens is 253 g/mol. The minimum absolute atomic E-state index is 0.0000148. The summed E-state index contributed by atoms with van der Waals surface area (Å²) in [7, 11) is 0. The van der Waals surface area contributed by atoms with Crippen molar-refractivity contribution in [2.75, 3.05) is 6.61 Å². The maximum absolute atomic E-state index is 8.78. The van der Waals surface area contributed by atoms with Crippen LogP contribution in [0.1, 0.15) is 11.6 Å². The fraction of sp³-hybridized carbons (Fsp3) is 0.250. The molecule has 1 unspecified atom stereocenters. The summed E-state index contributed by atoms with van der Waals surface area (Å²) < 4.78 is 1.10. The first kappa shape index (κ1) is 8.96.